The van der Waals surface area contributed by atoms with Crippen LogP contribution in [0.25, 0.3) is 10.2 Å². The van der Waals surface area contributed by atoms with Crippen LogP contribution in [0.3, 0.4) is 0 Å². The van der Waals surface area contributed by atoms with Crippen LogP contribution in [0.15, 0.2) is 72.0 Å². The van der Waals surface area contributed by atoms with E-state index >= 15 is 0 Å². The van der Waals surface area contributed by atoms with Crippen LogP contribution in [0.5, 0.6) is 0 Å². The van der Waals surface area contributed by atoms with Crippen molar-refractivity contribution in [2.24, 2.45) is 0 Å². The zero-order valence-corrected chi connectivity index (χ0v) is 18.1. The number of thiophene rings is 1. The molecule has 0 aliphatic heterocycles. The maximum Gasteiger partial charge on any atom is 0.241 e. The van der Waals surface area contributed by atoms with E-state index in [-0.39, 0.29) is 5.91 Å². The Kier molecular flexibility index (Phi) is 5.51. The summed E-state index contributed by atoms with van der Waals surface area (Å²) in [7, 11) is 0. The van der Waals surface area contributed by atoms with E-state index < -0.39 is 0 Å². The first-order valence-electron chi connectivity index (χ1n) is 10.1. The van der Waals surface area contributed by atoms with Crippen LogP contribution in [-0.2, 0) is 17.6 Å². The van der Waals surface area contributed by atoms with Crippen LogP contribution in [-0.4, -0.2) is 21.6 Å². The van der Waals surface area contributed by atoms with Gasteiger partial charge in [-0.15, -0.1) is 11.3 Å². The fraction of sp³-hybridized carbons (Fsp3) is 0.208. The Hall–Kier alpha value is -2.70. The summed E-state index contributed by atoms with van der Waals surface area (Å²) in [6.07, 6.45) is 6.31. The Labute approximate surface area is 184 Å². The lowest BCUT2D eigenvalue weighted by Crippen LogP contribution is -2.27. The Morgan fingerprint density at radius 1 is 0.933 bits per heavy atom. The molecule has 1 aliphatic rings. The summed E-state index contributed by atoms with van der Waals surface area (Å²) >= 11 is 3.31. The minimum Gasteiger partial charge on any atom is -0.280 e. The zero-order valence-electron chi connectivity index (χ0n) is 16.5. The summed E-state index contributed by atoms with van der Waals surface area (Å²) in [5.74, 6) is 0.355. The zero-order chi connectivity index (χ0) is 20.3. The summed E-state index contributed by atoms with van der Waals surface area (Å²) in [5.41, 5.74) is 3.14. The molecule has 2 heterocycles. The highest BCUT2D eigenvalue weighted by molar-refractivity contribution is 8.00. The van der Waals surface area contributed by atoms with E-state index in [1.54, 1.807) is 22.6 Å². The number of carbonyl (C=O) groups excluding carboxylic acids is 1. The van der Waals surface area contributed by atoms with Crippen molar-refractivity contribution in [3.8, 4) is 0 Å². The molecule has 2 aromatic carbocycles. The van der Waals surface area contributed by atoms with Gasteiger partial charge in [-0.3, -0.25) is 9.69 Å². The molecule has 0 bridgehead atoms. The third kappa shape index (κ3) is 3.73. The normalized spacial score (nSPS) is 13.2. The number of thioether (sulfide) groups is 1. The number of rotatable bonds is 5. The number of fused-ring (bicyclic) bond motifs is 3. The molecule has 0 N–H and O–H groups in total. The number of aromatic nitrogens is 2. The molecule has 0 unspecified atom stereocenters. The van der Waals surface area contributed by atoms with Gasteiger partial charge in [-0.2, -0.15) is 0 Å². The third-order valence-electron chi connectivity index (χ3n) is 5.33. The molecular formula is C24H21N3OS2. The molecule has 150 valence electrons. The number of amides is 1. The van der Waals surface area contributed by atoms with Crippen LogP contribution in [0, 0.1) is 0 Å². The second-order valence-corrected chi connectivity index (χ2v) is 9.31. The van der Waals surface area contributed by atoms with Crippen molar-refractivity contribution in [3.05, 3.63) is 77.4 Å². The van der Waals surface area contributed by atoms with Crippen LogP contribution in [0.4, 0.5) is 11.4 Å². The fourth-order valence-electron chi connectivity index (χ4n) is 3.96. The number of nitrogens with zero attached hydrogens (tertiary/aromatic N) is 3. The smallest absolute Gasteiger partial charge is 0.241 e. The quantitative estimate of drug-likeness (QED) is 0.286. The lowest BCUT2D eigenvalue weighted by Gasteiger charge is -2.23. The first-order valence-corrected chi connectivity index (χ1v) is 11.9. The molecule has 4 aromatic rings. The number of hydrogen-bond donors (Lipinski definition) is 0. The molecule has 1 aliphatic carbocycles. The Balaban J connectivity index is 1.44. The largest absolute Gasteiger partial charge is 0.280 e. The van der Waals surface area contributed by atoms with Gasteiger partial charge in [0.1, 0.15) is 16.2 Å². The molecule has 0 saturated heterocycles. The van der Waals surface area contributed by atoms with Gasteiger partial charge in [-0.05, 0) is 55.5 Å². The maximum absolute atomic E-state index is 13.3. The predicted octanol–water partition coefficient (Wildman–Crippen LogP) is 6.03. The van der Waals surface area contributed by atoms with Crippen LogP contribution >= 0.6 is 23.1 Å². The van der Waals surface area contributed by atoms with Gasteiger partial charge in [0.15, 0.2) is 0 Å². The first kappa shape index (κ1) is 19.3. The van der Waals surface area contributed by atoms with Crippen molar-refractivity contribution in [2.45, 2.75) is 30.7 Å². The molecule has 4 nitrogen and oxygen atoms in total. The van der Waals surface area contributed by atoms with Crippen LogP contribution in [0.1, 0.15) is 23.3 Å². The Morgan fingerprint density at radius 3 is 2.30 bits per heavy atom. The SMILES string of the molecule is O=C(CSc1ncnc2sc3c(c12)CCCC3)N(c1ccccc1)c1ccccc1. The molecule has 0 fully saturated rings. The highest BCUT2D eigenvalue weighted by Gasteiger charge is 2.22. The number of anilines is 2. The average molecular weight is 432 g/mol. The second-order valence-electron chi connectivity index (χ2n) is 7.26. The summed E-state index contributed by atoms with van der Waals surface area (Å²) in [5, 5.41) is 2.09. The molecule has 6 heteroatoms. The highest BCUT2D eigenvalue weighted by Crippen LogP contribution is 2.39. The topological polar surface area (TPSA) is 46.1 Å². The fourth-order valence-corrected chi connectivity index (χ4v) is 6.13. The molecule has 0 radical (unpaired) electrons. The molecule has 0 spiro atoms. The first-order chi connectivity index (χ1) is 14.8. The van der Waals surface area contributed by atoms with Gasteiger partial charge in [0.2, 0.25) is 5.91 Å². The lowest BCUT2D eigenvalue weighted by atomic mass is 9.97. The second kappa shape index (κ2) is 8.58. The molecule has 0 saturated carbocycles. The van der Waals surface area contributed by atoms with Crippen LogP contribution in [0.2, 0.25) is 0 Å². The summed E-state index contributed by atoms with van der Waals surface area (Å²) in [6.45, 7) is 0. The van der Waals surface area contributed by atoms with E-state index in [0.29, 0.717) is 5.75 Å². The van der Waals surface area contributed by atoms with Gasteiger partial charge in [0.05, 0.1) is 5.75 Å². The standard InChI is InChI=1S/C24H21N3OS2/c28-21(27(17-9-3-1-4-10-17)18-11-5-2-6-12-18)15-29-23-22-19-13-7-8-14-20(19)30-24(22)26-16-25-23/h1-6,9-12,16H,7-8,13-15H2. The minimum atomic E-state index is 0.0354. The van der Waals surface area contributed by atoms with E-state index in [1.165, 1.54) is 40.4 Å². The van der Waals surface area contributed by atoms with Gasteiger partial charge in [-0.1, -0.05) is 48.2 Å². The molecule has 30 heavy (non-hydrogen) atoms. The van der Waals surface area contributed by atoms with Gasteiger partial charge >= 0.3 is 0 Å². The van der Waals surface area contributed by atoms with Crippen molar-refractivity contribution in [3.63, 3.8) is 0 Å². The third-order valence-corrected chi connectivity index (χ3v) is 7.50. The molecule has 0 atom stereocenters. The number of para-hydroxylation sites is 2. The molecule has 2 aromatic heterocycles. The van der Waals surface area contributed by atoms with E-state index in [4.69, 9.17) is 0 Å². The lowest BCUT2D eigenvalue weighted by molar-refractivity contribution is -0.115. The van der Waals surface area contributed by atoms with Gasteiger partial charge < -0.3 is 0 Å². The predicted molar refractivity (Wildman–Crippen MR) is 125 cm³/mol. The minimum absolute atomic E-state index is 0.0354. The maximum atomic E-state index is 13.3. The molecule has 1 amide bonds. The monoisotopic (exact) mass is 431 g/mol. The van der Waals surface area contributed by atoms with Gasteiger partial charge in [0.25, 0.3) is 0 Å². The summed E-state index contributed by atoms with van der Waals surface area (Å²) in [6, 6.07) is 19.6. The van der Waals surface area contributed by atoms with Crippen molar-refractivity contribution in [2.75, 3.05) is 10.7 Å². The number of hydrogen-bond acceptors (Lipinski definition) is 5. The van der Waals surface area contributed by atoms with Crippen molar-refractivity contribution < 1.29 is 4.79 Å². The summed E-state index contributed by atoms with van der Waals surface area (Å²) in [4.78, 5) is 26.7. The highest BCUT2D eigenvalue weighted by atomic mass is 32.2. The van der Waals surface area contributed by atoms with Gasteiger partial charge in [-0.25, -0.2) is 9.97 Å². The number of benzene rings is 2. The summed E-state index contributed by atoms with van der Waals surface area (Å²) < 4.78 is 0. The van der Waals surface area contributed by atoms with E-state index in [2.05, 4.69) is 9.97 Å². The average Bonchev–Trinajstić information content (AvgIpc) is 3.19. The van der Waals surface area contributed by atoms with Gasteiger partial charge in [0, 0.05) is 21.6 Å². The van der Waals surface area contributed by atoms with Crippen molar-refractivity contribution >= 4 is 50.6 Å². The Bertz CT molecular complexity index is 1140. The Morgan fingerprint density at radius 2 is 1.60 bits per heavy atom. The number of carbonyl (C=O) groups is 1. The van der Waals surface area contributed by atoms with E-state index in [1.807, 2.05) is 60.7 Å². The van der Waals surface area contributed by atoms with E-state index in [9.17, 15) is 4.79 Å². The van der Waals surface area contributed by atoms with Crippen molar-refractivity contribution in [1.82, 2.24) is 9.97 Å². The number of aryl methyl sites for hydroxylation is 2. The van der Waals surface area contributed by atoms with E-state index in [0.717, 1.165) is 34.1 Å². The molecule has 5 rings (SSSR count). The van der Waals surface area contributed by atoms with Crippen molar-refractivity contribution in [1.29, 1.82) is 0 Å². The van der Waals surface area contributed by atoms with Crippen LogP contribution < -0.4 is 4.90 Å². The molecular weight excluding hydrogens is 410 g/mol.